The Morgan fingerprint density at radius 2 is 2.00 bits per heavy atom. The highest BCUT2D eigenvalue weighted by Crippen LogP contribution is 2.36. The Balaban J connectivity index is 2.60. The van der Waals surface area contributed by atoms with Crippen LogP contribution in [0.1, 0.15) is 18.2 Å². The van der Waals surface area contributed by atoms with Gasteiger partial charge in [0.1, 0.15) is 5.60 Å². The van der Waals surface area contributed by atoms with E-state index in [1.807, 2.05) is 0 Å². The normalized spacial score (nSPS) is 14.6. The summed E-state index contributed by atoms with van der Waals surface area (Å²) in [5, 5.41) is 10.3. The summed E-state index contributed by atoms with van der Waals surface area (Å²) in [5.74, 6) is -1.96. The van der Waals surface area contributed by atoms with Crippen LogP contribution in [0.2, 0.25) is 0 Å². The minimum Gasteiger partial charge on any atom is -0.465 e. The minimum absolute atomic E-state index is 0.127. The average molecular weight is 303 g/mol. The predicted molar refractivity (Wildman–Crippen MR) is 61.4 cm³/mol. The van der Waals surface area contributed by atoms with Gasteiger partial charge in [0, 0.05) is 5.56 Å². The fraction of sp³-hybridized carbons (Fsp3) is 0.167. The molecule has 2 rings (SSSR count). The van der Waals surface area contributed by atoms with Crippen LogP contribution in [-0.4, -0.2) is 5.11 Å². The van der Waals surface area contributed by atoms with Gasteiger partial charge in [0.15, 0.2) is 17.4 Å². The first kappa shape index (κ1) is 12.3. The molecule has 17 heavy (non-hydrogen) atoms. The van der Waals surface area contributed by atoms with Crippen molar-refractivity contribution in [1.82, 2.24) is 0 Å². The lowest BCUT2D eigenvalue weighted by molar-refractivity contribution is 0.0712. The van der Waals surface area contributed by atoms with Gasteiger partial charge in [-0.1, -0.05) is 12.1 Å². The Hall–Kier alpha value is -1.20. The van der Waals surface area contributed by atoms with Crippen molar-refractivity contribution in [3.05, 3.63) is 58.0 Å². The SMILES string of the molecule is CC(O)(c1cccc(F)c1F)c1occc1Br. The first-order valence-electron chi connectivity index (χ1n) is 4.85. The van der Waals surface area contributed by atoms with Crippen LogP contribution in [0, 0.1) is 11.6 Å². The molecule has 2 nitrogen and oxygen atoms in total. The second kappa shape index (κ2) is 4.23. The van der Waals surface area contributed by atoms with Gasteiger partial charge in [0.05, 0.1) is 10.7 Å². The number of halogens is 3. The zero-order chi connectivity index (χ0) is 12.6. The molecular formula is C12H9BrF2O2. The number of benzene rings is 1. The smallest absolute Gasteiger partial charge is 0.165 e. The lowest BCUT2D eigenvalue weighted by Crippen LogP contribution is -2.24. The number of hydrogen-bond donors (Lipinski definition) is 1. The van der Waals surface area contributed by atoms with Gasteiger partial charge in [-0.15, -0.1) is 0 Å². The van der Waals surface area contributed by atoms with Crippen LogP contribution in [0.15, 0.2) is 39.4 Å². The van der Waals surface area contributed by atoms with Crippen molar-refractivity contribution in [2.75, 3.05) is 0 Å². The monoisotopic (exact) mass is 302 g/mol. The van der Waals surface area contributed by atoms with Crippen LogP contribution in [0.3, 0.4) is 0 Å². The summed E-state index contributed by atoms with van der Waals surface area (Å²) in [6.45, 7) is 1.34. The number of rotatable bonds is 2. The average Bonchev–Trinajstić information content (AvgIpc) is 2.69. The van der Waals surface area contributed by atoms with Gasteiger partial charge in [0.25, 0.3) is 0 Å². The fourth-order valence-corrected chi connectivity index (χ4v) is 2.23. The van der Waals surface area contributed by atoms with E-state index in [9.17, 15) is 13.9 Å². The summed E-state index contributed by atoms with van der Waals surface area (Å²) in [5.41, 5.74) is -1.91. The summed E-state index contributed by atoms with van der Waals surface area (Å²) in [7, 11) is 0. The standard InChI is InChI=1S/C12H9BrF2O2/c1-12(16,11-8(13)5-6-17-11)7-3-2-4-9(14)10(7)15/h2-6,16H,1H3. The van der Waals surface area contributed by atoms with Gasteiger partial charge in [-0.2, -0.15) is 0 Å². The maximum Gasteiger partial charge on any atom is 0.165 e. The Morgan fingerprint density at radius 3 is 2.59 bits per heavy atom. The van der Waals surface area contributed by atoms with Crippen molar-refractivity contribution in [3.8, 4) is 0 Å². The maximum atomic E-state index is 13.6. The molecule has 0 aliphatic heterocycles. The van der Waals surface area contributed by atoms with E-state index in [1.165, 1.54) is 25.3 Å². The Kier molecular flexibility index (Phi) is 3.05. The summed E-state index contributed by atoms with van der Waals surface area (Å²) < 4.78 is 32.3. The topological polar surface area (TPSA) is 33.4 Å². The summed E-state index contributed by atoms with van der Waals surface area (Å²) in [4.78, 5) is 0. The molecule has 90 valence electrons. The van der Waals surface area contributed by atoms with Crippen LogP contribution in [0.4, 0.5) is 8.78 Å². The molecule has 1 aromatic heterocycles. The molecule has 0 aliphatic carbocycles. The second-order valence-corrected chi connectivity index (χ2v) is 4.63. The molecule has 0 saturated carbocycles. The van der Waals surface area contributed by atoms with E-state index in [0.29, 0.717) is 4.47 Å². The van der Waals surface area contributed by atoms with Crippen molar-refractivity contribution in [3.63, 3.8) is 0 Å². The molecule has 0 radical (unpaired) electrons. The van der Waals surface area contributed by atoms with Crippen LogP contribution in [0.25, 0.3) is 0 Å². The molecule has 1 heterocycles. The lowest BCUT2D eigenvalue weighted by Gasteiger charge is -2.22. The Labute approximate surface area is 105 Å². The van der Waals surface area contributed by atoms with Crippen LogP contribution < -0.4 is 0 Å². The zero-order valence-electron chi connectivity index (χ0n) is 8.88. The third kappa shape index (κ3) is 2.00. The lowest BCUT2D eigenvalue weighted by atomic mass is 9.93. The molecule has 1 atom stereocenters. The van der Waals surface area contributed by atoms with E-state index in [4.69, 9.17) is 4.42 Å². The highest BCUT2D eigenvalue weighted by Gasteiger charge is 2.34. The highest BCUT2D eigenvalue weighted by atomic mass is 79.9. The maximum absolute atomic E-state index is 13.6. The van der Waals surface area contributed by atoms with Gasteiger partial charge in [-0.05, 0) is 35.0 Å². The van der Waals surface area contributed by atoms with Gasteiger partial charge >= 0.3 is 0 Å². The Bertz CT molecular complexity index is 549. The van der Waals surface area contributed by atoms with E-state index in [0.717, 1.165) is 6.07 Å². The number of aliphatic hydroxyl groups is 1. The Morgan fingerprint density at radius 1 is 1.29 bits per heavy atom. The second-order valence-electron chi connectivity index (χ2n) is 3.77. The molecule has 5 heteroatoms. The molecule has 0 bridgehead atoms. The van der Waals surface area contributed by atoms with Crippen molar-refractivity contribution < 1.29 is 18.3 Å². The molecule has 1 unspecified atom stereocenters. The predicted octanol–water partition coefficient (Wildman–Crippen LogP) is 3.58. The van der Waals surface area contributed by atoms with Crippen molar-refractivity contribution in [1.29, 1.82) is 0 Å². The van der Waals surface area contributed by atoms with E-state index in [2.05, 4.69) is 15.9 Å². The van der Waals surface area contributed by atoms with E-state index in [1.54, 1.807) is 6.07 Å². The molecule has 0 amide bonds. The first-order chi connectivity index (χ1) is 7.94. The van der Waals surface area contributed by atoms with Gasteiger partial charge in [0.2, 0.25) is 0 Å². The van der Waals surface area contributed by atoms with Crippen molar-refractivity contribution in [2.45, 2.75) is 12.5 Å². The van der Waals surface area contributed by atoms with Crippen LogP contribution in [-0.2, 0) is 5.60 Å². The molecule has 1 aromatic carbocycles. The number of furan rings is 1. The molecule has 1 N–H and O–H groups in total. The van der Waals surface area contributed by atoms with E-state index in [-0.39, 0.29) is 11.3 Å². The largest absolute Gasteiger partial charge is 0.465 e. The number of hydrogen-bond acceptors (Lipinski definition) is 2. The third-order valence-corrected chi connectivity index (χ3v) is 3.16. The first-order valence-corrected chi connectivity index (χ1v) is 5.64. The fourth-order valence-electron chi connectivity index (χ4n) is 1.64. The zero-order valence-corrected chi connectivity index (χ0v) is 10.5. The van der Waals surface area contributed by atoms with Gasteiger partial charge in [-0.25, -0.2) is 8.78 Å². The summed E-state index contributed by atoms with van der Waals surface area (Å²) in [6.07, 6.45) is 1.35. The molecule has 0 spiro atoms. The summed E-state index contributed by atoms with van der Waals surface area (Å²) >= 11 is 3.17. The molecule has 0 fully saturated rings. The van der Waals surface area contributed by atoms with E-state index < -0.39 is 17.2 Å². The molecule has 0 aliphatic rings. The minimum atomic E-state index is -1.74. The summed E-state index contributed by atoms with van der Waals surface area (Å²) in [6, 6.07) is 5.21. The van der Waals surface area contributed by atoms with Crippen LogP contribution >= 0.6 is 15.9 Å². The van der Waals surface area contributed by atoms with Crippen molar-refractivity contribution in [2.24, 2.45) is 0 Å². The third-order valence-electron chi connectivity index (χ3n) is 2.54. The molecule has 2 aromatic rings. The van der Waals surface area contributed by atoms with Crippen molar-refractivity contribution >= 4 is 15.9 Å². The van der Waals surface area contributed by atoms with Crippen LogP contribution in [0.5, 0.6) is 0 Å². The molecular weight excluding hydrogens is 294 g/mol. The highest BCUT2D eigenvalue weighted by molar-refractivity contribution is 9.10. The molecule has 0 saturated heterocycles. The van der Waals surface area contributed by atoms with Gasteiger partial charge in [-0.3, -0.25) is 0 Å². The van der Waals surface area contributed by atoms with E-state index >= 15 is 0 Å². The van der Waals surface area contributed by atoms with Gasteiger partial charge < -0.3 is 9.52 Å². The quantitative estimate of drug-likeness (QED) is 0.920.